The summed E-state index contributed by atoms with van der Waals surface area (Å²) in [5.41, 5.74) is 0.930. The van der Waals surface area contributed by atoms with Gasteiger partial charge in [-0.3, -0.25) is 0 Å². The summed E-state index contributed by atoms with van der Waals surface area (Å²) < 4.78 is 9.87. The smallest absolute Gasteiger partial charge is 0.360 e. The van der Waals surface area contributed by atoms with E-state index >= 15 is 0 Å². The van der Waals surface area contributed by atoms with Gasteiger partial charge in [-0.25, -0.2) is 14.8 Å². The number of pyridine rings is 1. The molecule has 98 valence electrons. The van der Waals surface area contributed by atoms with E-state index < -0.39 is 5.97 Å². The number of anilines is 1. The number of nitrogens with one attached hydrogen (secondary N) is 1. The zero-order valence-corrected chi connectivity index (χ0v) is 10.4. The van der Waals surface area contributed by atoms with Crippen molar-refractivity contribution in [3.05, 3.63) is 30.3 Å². The molecule has 0 aromatic carbocycles. The van der Waals surface area contributed by atoms with E-state index in [1.165, 1.54) is 26.2 Å². The van der Waals surface area contributed by atoms with Crippen molar-refractivity contribution in [1.82, 2.24) is 9.97 Å². The largest absolute Gasteiger partial charge is 0.464 e. The highest BCUT2D eigenvalue weighted by Crippen LogP contribution is 2.26. The molecule has 1 saturated carbocycles. The number of carbonyl (C=O) groups excluding carboxylic acids is 1. The first kappa shape index (κ1) is 11.7. The molecular formula is C13H13N3O3. The van der Waals surface area contributed by atoms with Crippen LogP contribution in [0.3, 0.4) is 0 Å². The molecule has 0 amide bonds. The molecule has 1 N–H and O–H groups in total. The Morgan fingerprint density at radius 2 is 2.37 bits per heavy atom. The van der Waals surface area contributed by atoms with E-state index in [1.807, 2.05) is 6.07 Å². The van der Waals surface area contributed by atoms with Crippen molar-refractivity contribution < 1.29 is 13.9 Å². The van der Waals surface area contributed by atoms with Gasteiger partial charge in [-0.1, -0.05) is 0 Å². The van der Waals surface area contributed by atoms with E-state index in [1.54, 1.807) is 12.3 Å². The van der Waals surface area contributed by atoms with Crippen LogP contribution >= 0.6 is 0 Å². The van der Waals surface area contributed by atoms with Gasteiger partial charge < -0.3 is 14.5 Å². The minimum absolute atomic E-state index is 0.158. The summed E-state index contributed by atoms with van der Waals surface area (Å²) in [6.45, 7) is 0. The second kappa shape index (κ2) is 4.72. The third-order valence-corrected chi connectivity index (χ3v) is 2.83. The minimum Gasteiger partial charge on any atom is -0.464 e. The van der Waals surface area contributed by atoms with Crippen LogP contribution in [0.2, 0.25) is 0 Å². The van der Waals surface area contributed by atoms with Crippen molar-refractivity contribution in [2.45, 2.75) is 18.9 Å². The van der Waals surface area contributed by atoms with Crippen molar-refractivity contribution in [2.75, 3.05) is 12.4 Å². The molecule has 3 rings (SSSR count). The lowest BCUT2D eigenvalue weighted by Crippen LogP contribution is -2.03. The third-order valence-electron chi connectivity index (χ3n) is 2.83. The molecule has 6 nitrogen and oxygen atoms in total. The molecular weight excluding hydrogens is 246 g/mol. The van der Waals surface area contributed by atoms with Crippen molar-refractivity contribution >= 4 is 11.8 Å². The third kappa shape index (κ3) is 2.57. The molecule has 1 aliphatic rings. The standard InChI is InChI=1S/C13H13N3O3/c1-18-13(17)10-7-19-12(16-10)8-4-5-14-11(6-8)15-9-2-3-9/h4-7,9H,2-3H2,1H3,(H,14,15). The molecule has 0 radical (unpaired) electrons. The summed E-state index contributed by atoms with van der Waals surface area (Å²) in [5.74, 6) is 0.653. The first-order valence-electron chi connectivity index (χ1n) is 6.03. The molecule has 0 aliphatic heterocycles. The summed E-state index contributed by atoms with van der Waals surface area (Å²) in [5, 5.41) is 3.29. The molecule has 2 aromatic heterocycles. The van der Waals surface area contributed by atoms with Gasteiger partial charge in [-0.05, 0) is 25.0 Å². The monoisotopic (exact) mass is 259 g/mol. The van der Waals surface area contributed by atoms with Gasteiger partial charge in [-0.15, -0.1) is 0 Å². The Kier molecular flexibility index (Phi) is 2.91. The van der Waals surface area contributed by atoms with Crippen LogP contribution in [-0.2, 0) is 4.74 Å². The molecule has 0 saturated heterocycles. The SMILES string of the molecule is COC(=O)c1coc(-c2ccnc(NC3CC3)c2)n1. The van der Waals surface area contributed by atoms with E-state index in [9.17, 15) is 4.79 Å². The number of carbonyl (C=O) groups is 1. The number of methoxy groups -OCH3 is 1. The van der Waals surface area contributed by atoms with Crippen molar-refractivity contribution in [1.29, 1.82) is 0 Å². The van der Waals surface area contributed by atoms with Gasteiger partial charge >= 0.3 is 5.97 Å². The number of oxazole rings is 1. The van der Waals surface area contributed by atoms with E-state index in [0.717, 1.165) is 11.4 Å². The molecule has 0 atom stereocenters. The summed E-state index contributed by atoms with van der Waals surface area (Å²) in [6, 6.07) is 4.16. The number of ether oxygens (including phenoxy) is 1. The molecule has 19 heavy (non-hydrogen) atoms. The number of aromatic nitrogens is 2. The minimum atomic E-state index is -0.514. The van der Waals surface area contributed by atoms with Crippen molar-refractivity contribution in [3.8, 4) is 11.5 Å². The molecule has 0 bridgehead atoms. The van der Waals surface area contributed by atoms with Gasteiger partial charge in [0.1, 0.15) is 12.1 Å². The van der Waals surface area contributed by atoms with E-state index in [2.05, 4.69) is 20.0 Å². The zero-order valence-electron chi connectivity index (χ0n) is 10.4. The number of hydrogen-bond donors (Lipinski definition) is 1. The molecule has 6 heteroatoms. The maximum atomic E-state index is 11.3. The molecule has 0 unspecified atom stereocenters. The Morgan fingerprint density at radius 1 is 1.53 bits per heavy atom. The van der Waals surface area contributed by atoms with Crippen LogP contribution < -0.4 is 5.32 Å². The summed E-state index contributed by atoms with van der Waals surface area (Å²) in [7, 11) is 1.31. The molecule has 1 aliphatic carbocycles. The lowest BCUT2D eigenvalue weighted by Gasteiger charge is -2.03. The normalized spacial score (nSPS) is 14.2. The second-order valence-electron chi connectivity index (χ2n) is 4.38. The van der Waals surface area contributed by atoms with Crippen LogP contribution in [0.15, 0.2) is 29.0 Å². The lowest BCUT2D eigenvalue weighted by atomic mass is 10.2. The van der Waals surface area contributed by atoms with Gasteiger partial charge in [0, 0.05) is 17.8 Å². The lowest BCUT2D eigenvalue weighted by molar-refractivity contribution is 0.0594. The number of rotatable bonds is 4. The molecule has 2 heterocycles. The summed E-state index contributed by atoms with van der Waals surface area (Å²) >= 11 is 0. The van der Waals surface area contributed by atoms with Gasteiger partial charge in [0.25, 0.3) is 0 Å². The fourth-order valence-corrected chi connectivity index (χ4v) is 1.68. The zero-order chi connectivity index (χ0) is 13.2. The van der Waals surface area contributed by atoms with Crippen molar-refractivity contribution in [3.63, 3.8) is 0 Å². The average Bonchev–Trinajstić information content (AvgIpc) is 3.10. The fourth-order valence-electron chi connectivity index (χ4n) is 1.68. The Balaban J connectivity index is 1.84. The van der Waals surface area contributed by atoms with Crippen LogP contribution in [-0.4, -0.2) is 29.1 Å². The van der Waals surface area contributed by atoms with Crippen LogP contribution in [0.4, 0.5) is 5.82 Å². The molecule has 2 aromatic rings. The first-order chi connectivity index (χ1) is 9.26. The Morgan fingerprint density at radius 3 is 3.11 bits per heavy atom. The van der Waals surface area contributed by atoms with Crippen LogP contribution in [0.5, 0.6) is 0 Å². The number of nitrogens with zero attached hydrogens (tertiary/aromatic N) is 2. The maximum absolute atomic E-state index is 11.3. The second-order valence-corrected chi connectivity index (χ2v) is 4.38. The Labute approximate surface area is 109 Å². The highest BCUT2D eigenvalue weighted by Gasteiger charge is 2.21. The van der Waals surface area contributed by atoms with Crippen LogP contribution in [0.25, 0.3) is 11.5 Å². The highest BCUT2D eigenvalue weighted by atomic mass is 16.5. The number of esters is 1. The Bertz CT molecular complexity index is 605. The fraction of sp³-hybridized carbons (Fsp3) is 0.308. The quantitative estimate of drug-likeness (QED) is 0.847. The predicted octanol–water partition coefficient (Wildman–Crippen LogP) is 2.10. The Hall–Kier alpha value is -2.37. The average molecular weight is 259 g/mol. The van der Waals surface area contributed by atoms with Crippen LogP contribution in [0.1, 0.15) is 23.3 Å². The van der Waals surface area contributed by atoms with Gasteiger partial charge in [0.15, 0.2) is 5.69 Å². The predicted molar refractivity (Wildman–Crippen MR) is 67.7 cm³/mol. The first-order valence-corrected chi connectivity index (χ1v) is 6.03. The van der Waals surface area contributed by atoms with E-state index in [0.29, 0.717) is 11.9 Å². The van der Waals surface area contributed by atoms with Gasteiger partial charge in [-0.2, -0.15) is 0 Å². The summed E-state index contributed by atoms with van der Waals surface area (Å²) in [6.07, 6.45) is 5.33. The van der Waals surface area contributed by atoms with Crippen LogP contribution in [0, 0.1) is 0 Å². The van der Waals surface area contributed by atoms with Crippen molar-refractivity contribution in [2.24, 2.45) is 0 Å². The maximum Gasteiger partial charge on any atom is 0.360 e. The van der Waals surface area contributed by atoms with Gasteiger partial charge in [0.2, 0.25) is 5.89 Å². The summed E-state index contributed by atoms with van der Waals surface area (Å²) in [4.78, 5) is 19.6. The topological polar surface area (TPSA) is 77.2 Å². The van der Waals surface area contributed by atoms with E-state index in [-0.39, 0.29) is 5.69 Å². The highest BCUT2D eigenvalue weighted by molar-refractivity contribution is 5.87. The number of hydrogen-bond acceptors (Lipinski definition) is 6. The molecule has 1 fully saturated rings. The molecule has 0 spiro atoms. The van der Waals surface area contributed by atoms with Gasteiger partial charge in [0.05, 0.1) is 7.11 Å². The van der Waals surface area contributed by atoms with E-state index in [4.69, 9.17) is 4.42 Å².